The van der Waals surface area contributed by atoms with Gasteiger partial charge in [0.05, 0.1) is 17.6 Å². The van der Waals surface area contributed by atoms with Crippen molar-refractivity contribution in [3.05, 3.63) is 90.8 Å². The van der Waals surface area contributed by atoms with Gasteiger partial charge in [-0.15, -0.1) is 0 Å². The second-order valence-electron chi connectivity index (χ2n) is 6.07. The number of rotatable bonds is 6. The van der Waals surface area contributed by atoms with Crippen molar-refractivity contribution in [2.24, 2.45) is 0 Å². The van der Waals surface area contributed by atoms with Gasteiger partial charge in [0, 0.05) is 11.3 Å². The lowest BCUT2D eigenvalue weighted by Crippen LogP contribution is -2.28. The second kappa shape index (κ2) is 7.74. The van der Waals surface area contributed by atoms with E-state index < -0.39 is 0 Å². The summed E-state index contributed by atoms with van der Waals surface area (Å²) in [6.07, 6.45) is 1.79. The molecule has 0 aliphatic carbocycles. The third-order valence-electron chi connectivity index (χ3n) is 4.26. The fraction of sp³-hybridized carbons (Fsp3) is 0.0909. The van der Waals surface area contributed by atoms with Crippen molar-refractivity contribution in [2.75, 3.05) is 13.2 Å². The zero-order valence-corrected chi connectivity index (χ0v) is 14.7. The van der Waals surface area contributed by atoms with Crippen LogP contribution in [0.3, 0.4) is 0 Å². The van der Waals surface area contributed by atoms with Crippen LogP contribution in [0, 0.1) is 0 Å². The molecule has 0 radical (unpaired) electrons. The summed E-state index contributed by atoms with van der Waals surface area (Å²) in [5.41, 5.74) is 3.56. The van der Waals surface area contributed by atoms with Gasteiger partial charge in [0.2, 0.25) is 0 Å². The molecule has 3 aromatic carbocycles. The topological polar surface area (TPSA) is 56.1 Å². The fourth-order valence-electron chi connectivity index (χ4n) is 2.89. The number of nitrogens with one attached hydrogen (secondary N) is 1. The SMILES string of the molecule is O=C(NCCOc1ccccc1)c1ccc(-n2cnc3ccccc32)cc1. The van der Waals surface area contributed by atoms with Crippen molar-refractivity contribution in [3.8, 4) is 11.4 Å². The highest BCUT2D eigenvalue weighted by atomic mass is 16.5. The maximum atomic E-state index is 12.3. The molecule has 0 aliphatic rings. The van der Waals surface area contributed by atoms with E-state index in [0.717, 1.165) is 22.5 Å². The van der Waals surface area contributed by atoms with Crippen molar-refractivity contribution in [3.63, 3.8) is 0 Å². The molecule has 5 heteroatoms. The first-order chi connectivity index (χ1) is 13.3. The standard InChI is InChI=1S/C22H19N3O2/c26-22(23-14-15-27-19-6-2-1-3-7-19)17-10-12-18(13-11-17)25-16-24-20-8-4-5-9-21(20)25/h1-13,16H,14-15H2,(H,23,26). The number of imidazole rings is 1. The van der Waals surface area contributed by atoms with E-state index in [2.05, 4.69) is 10.3 Å². The largest absolute Gasteiger partial charge is 0.492 e. The first-order valence-electron chi connectivity index (χ1n) is 8.80. The monoisotopic (exact) mass is 357 g/mol. The molecule has 0 spiro atoms. The lowest BCUT2D eigenvalue weighted by molar-refractivity contribution is 0.0947. The summed E-state index contributed by atoms with van der Waals surface area (Å²) in [5, 5.41) is 2.87. The molecule has 0 saturated carbocycles. The molecule has 5 nitrogen and oxygen atoms in total. The number of ether oxygens (including phenoxy) is 1. The first kappa shape index (κ1) is 16.8. The summed E-state index contributed by atoms with van der Waals surface area (Å²) < 4.78 is 7.58. The number of carbonyl (C=O) groups is 1. The van der Waals surface area contributed by atoms with E-state index in [0.29, 0.717) is 18.7 Å². The number of amides is 1. The van der Waals surface area contributed by atoms with Gasteiger partial charge in [-0.1, -0.05) is 30.3 Å². The van der Waals surface area contributed by atoms with Gasteiger partial charge in [-0.3, -0.25) is 9.36 Å². The number of carbonyl (C=O) groups excluding carboxylic acids is 1. The van der Waals surface area contributed by atoms with Crippen molar-refractivity contribution < 1.29 is 9.53 Å². The predicted octanol–water partition coefficient (Wildman–Crippen LogP) is 3.83. The summed E-state index contributed by atoms with van der Waals surface area (Å²) in [6.45, 7) is 0.872. The minimum atomic E-state index is -0.117. The maximum absolute atomic E-state index is 12.3. The average molecular weight is 357 g/mol. The molecule has 4 aromatic rings. The first-order valence-corrected chi connectivity index (χ1v) is 8.80. The summed E-state index contributed by atoms with van der Waals surface area (Å²) in [6, 6.07) is 25.0. The molecule has 1 heterocycles. The van der Waals surface area contributed by atoms with Gasteiger partial charge in [0.1, 0.15) is 18.7 Å². The number of para-hydroxylation sites is 3. The maximum Gasteiger partial charge on any atom is 0.251 e. The Hall–Kier alpha value is -3.60. The molecule has 4 rings (SSSR count). The number of nitrogens with zero attached hydrogens (tertiary/aromatic N) is 2. The predicted molar refractivity (Wildman–Crippen MR) is 105 cm³/mol. The summed E-state index contributed by atoms with van der Waals surface area (Å²) in [5.74, 6) is 0.678. The lowest BCUT2D eigenvalue weighted by Gasteiger charge is -2.09. The lowest BCUT2D eigenvalue weighted by atomic mass is 10.2. The van der Waals surface area contributed by atoms with Crippen LogP contribution in [0.1, 0.15) is 10.4 Å². The summed E-state index contributed by atoms with van der Waals surface area (Å²) in [4.78, 5) is 16.7. The fourth-order valence-corrected chi connectivity index (χ4v) is 2.89. The Balaban J connectivity index is 1.36. The number of hydrogen-bond donors (Lipinski definition) is 1. The molecule has 1 amide bonds. The van der Waals surface area contributed by atoms with Crippen molar-refractivity contribution in [2.45, 2.75) is 0 Å². The average Bonchev–Trinajstić information content (AvgIpc) is 3.16. The van der Waals surface area contributed by atoms with Gasteiger partial charge in [-0.2, -0.15) is 0 Å². The third-order valence-corrected chi connectivity index (χ3v) is 4.26. The normalized spacial score (nSPS) is 10.7. The van der Waals surface area contributed by atoms with Crippen molar-refractivity contribution in [1.82, 2.24) is 14.9 Å². The Kier molecular flexibility index (Phi) is 4.83. The number of aromatic nitrogens is 2. The van der Waals surface area contributed by atoms with Crippen LogP contribution < -0.4 is 10.1 Å². The van der Waals surface area contributed by atoms with Gasteiger partial charge in [0.15, 0.2) is 0 Å². The Bertz CT molecular complexity index is 1040. The van der Waals surface area contributed by atoms with E-state index in [-0.39, 0.29) is 5.91 Å². The molecule has 0 saturated heterocycles. The minimum Gasteiger partial charge on any atom is -0.492 e. The molecule has 0 aliphatic heterocycles. The zero-order valence-electron chi connectivity index (χ0n) is 14.7. The molecule has 0 atom stereocenters. The van der Waals surface area contributed by atoms with Gasteiger partial charge in [0.25, 0.3) is 5.91 Å². The molecule has 0 bridgehead atoms. The van der Waals surface area contributed by atoms with E-state index in [4.69, 9.17) is 4.74 Å². The van der Waals surface area contributed by atoms with E-state index >= 15 is 0 Å². The van der Waals surface area contributed by atoms with Gasteiger partial charge >= 0.3 is 0 Å². The van der Waals surface area contributed by atoms with Gasteiger partial charge < -0.3 is 10.1 Å². The van der Waals surface area contributed by atoms with Crippen molar-refractivity contribution >= 4 is 16.9 Å². The van der Waals surface area contributed by atoms with Crippen LogP contribution in [0.5, 0.6) is 5.75 Å². The van der Waals surface area contributed by atoms with Crippen molar-refractivity contribution in [1.29, 1.82) is 0 Å². The van der Waals surface area contributed by atoms with E-state index in [1.54, 1.807) is 6.33 Å². The molecule has 1 aromatic heterocycles. The Morgan fingerprint density at radius 1 is 0.926 bits per heavy atom. The third kappa shape index (κ3) is 3.82. The zero-order chi connectivity index (χ0) is 18.5. The summed E-state index contributed by atoms with van der Waals surface area (Å²) >= 11 is 0. The Morgan fingerprint density at radius 3 is 2.48 bits per heavy atom. The van der Waals surface area contributed by atoms with Gasteiger partial charge in [-0.05, 0) is 48.5 Å². The molecule has 27 heavy (non-hydrogen) atoms. The van der Waals surface area contributed by atoms with Gasteiger partial charge in [-0.25, -0.2) is 4.98 Å². The molecular formula is C22H19N3O2. The highest BCUT2D eigenvalue weighted by Crippen LogP contribution is 2.18. The summed E-state index contributed by atoms with van der Waals surface area (Å²) in [7, 11) is 0. The van der Waals surface area contributed by atoms with E-state index in [1.165, 1.54) is 0 Å². The number of benzene rings is 3. The van der Waals surface area contributed by atoms with Crippen LogP contribution in [-0.2, 0) is 0 Å². The number of hydrogen-bond acceptors (Lipinski definition) is 3. The van der Waals surface area contributed by atoms with E-state index in [9.17, 15) is 4.79 Å². The second-order valence-corrected chi connectivity index (χ2v) is 6.07. The van der Waals surface area contributed by atoms with Crippen LogP contribution in [0.15, 0.2) is 85.2 Å². The Labute approximate surface area is 157 Å². The molecule has 0 fully saturated rings. The van der Waals surface area contributed by atoms with Crippen LogP contribution in [-0.4, -0.2) is 28.6 Å². The van der Waals surface area contributed by atoms with Crippen LogP contribution in [0.25, 0.3) is 16.7 Å². The Morgan fingerprint density at radius 2 is 1.67 bits per heavy atom. The van der Waals surface area contributed by atoms with Crippen LogP contribution >= 0.6 is 0 Å². The van der Waals surface area contributed by atoms with Crippen LogP contribution in [0.2, 0.25) is 0 Å². The quantitative estimate of drug-likeness (QED) is 0.534. The van der Waals surface area contributed by atoms with Crippen LogP contribution in [0.4, 0.5) is 0 Å². The molecule has 0 unspecified atom stereocenters. The molecule has 134 valence electrons. The molecule has 1 N–H and O–H groups in total. The minimum absolute atomic E-state index is 0.117. The molecular weight excluding hydrogens is 338 g/mol. The smallest absolute Gasteiger partial charge is 0.251 e. The number of fused-ring (bicyclic) bond motifs is 1. The highest BCUT2D eigenvalue weighted by molar-refractivity contribution is 5.94. The highest BCUT2D eigenvalue weighted by Gasteiger charge is 2.07. The van der Waals surface area contributed by atoms with E-state index in [1.807, 2.05) is 83.4 Å².